The number of ketones is 2. The molecule has 6 N–H and O–H groups in total. The second kappa shape index (κ2) is 28.3. The van der Waals surface area contributed by atoms with E-state index in [1.54, 1.807) is 104 Å². The number of carbonyl (C=O) groups is 7. The zero-order valence-corrected chi connectivity index (χ0v) is 45.5. The molecule has 0 spiro atoms. The highest BCUT2D eigenvalue weighted by Gasteiger charge is 2.35. The van der Waals surface area contributed by atoms with Crippen molar-refractivity contribution in [2.75, 3.05) is 20.8 Å². The Kier molecular flexibility index (Phi) is 20.6. The van der Waals surface area contributed by atoms with Crippen LogP contribution in [0, 0.1) is 0 Å². The number of ether oxygens (including phenoxy) is 2. The van der Waals surface area contributed by atoms with Gasteiger partial charge in [0.1, 0.15) is 22.6 Å². The molecule has 1 aliphatic heterocycles. The van der Waals surface area contributed by atoms with E-state index >= 15 is 0 Å². The number of pyridine rings is 4. The van der Waals surface area contributed by atoms with Gasteiger partial charge in [-0.1, -0.05) is 72.9 Å². The molecule has 1 aliphatic rings. The predicted molar refractivity (Wildman–Crippen MR) is 307 cm³/mol. The van der Waals surface area contributed by atoms with Crippen LogP contribution >= 0.6 is 23.2 Å². The van der Waals surface area contributed by atoms with Crippen LogP contribution in [0.25, 0.3) is 55.3 Å². The number of carbonyl (C=O) groups excluding carboxylic acids is 7. The molecular weight excluding hydrogens is 1080 g/mol. The van der Waals surface area contributed by atoms with Gasteiger partial charge in [0, 0.05) is 112 Å². The standard InChI is InChI=1S/C20H16ClN3O3.C14H16N2O3.C10H8N2O3.C8H8ClNO.C7H6N2/c21-15-7-2-1-5-13(15)16-17(20(27)23-19(16)26)14-11-24(9-4-10-25)18-12(14)6-3-8-22-18;1-3-4-8-16-9-11(12(17)14(18)19-2)10-6-5-7-15-13(10)16;1-15-10(14)8(13)7-5-12-9-6(7)3-2-4-11-9;9-7-4-2-1-3-6(7)5-8(10)11;1-2-6-3-5-9-7(6)8-4-1/h1-3,5-8,11,25H,4,9-10H2,(H,23,26,27);5-7,9H,3-4,8H2,1-2H3;2-5H,1H3,(H,11,12);1-4H,5H2,(H2,10,11);1-5H,(H,8,9). The van der Waals surface area contributed by atoms with Gasteiger partial charge in [-0.2, -0.15) is 0 Å². The predicted octanol–water partition coefficient (Wildman–Crippen LogP) is 8.68. The number of fused-ring (bicyclic) bond motifs is 4. The molecule has 0 saturated heterocycles. The summed E-state index contributed by atoms with van der Waals surface area (Å²) in [5, 5.41) is 15.8. The molecule has 81 heavy (non-hydrogen) atoms. The van der Waals surface area contributed by atoms with Crippen LogP contribution in [0.4, 0.5) is 0 Å². The number of imide groups is 1. The van der Waals surface area contributed by atoms with Crippen LogP contribution in [0.5, 0.6) is 0 Å². The first-order chi connectivity index (χ1) is 39.2. The summed E-state index contributed by atoms with van der Waals surface area (Å²) in [4.78, 5) is 104. The topological polar surface area (TPSA) is 289 Å². The molecule has 0 radical (unpaired) electrons. The van der Waals surface area contributed by atoms with Crippen LogP contribution < -0.4 is 11.1 Å². The molecule has 8 aromatic heterocycles. The van der Waals surface area contributed by atoms with E-state index < -0.39 is 35.3 Å². The Bertz CT molecular complexity index is 3920. The lowest BCUT2D eigenvalue weighted by molar-refractivity contribution is -0.135. The number of aryl methyl sites for hydroxylation is 2. The Morgan fingerprint density at radius 1 is 0.605 bits per heavy atom. The van der Waals surface area contributed by atoms with Gasteiger partial charge >= 0.3 is 11.9 Å². The van der Waals surface area contributed by atoms with Gasteiger partial charge in [0.25, 0.3) is 23.4 Å². The fraction of sp³-hybridized carbons (Fsp3) is 0.169. The number of nitrogens with one attached hydrogen (secondary N) is 3. The molecule has 414 valence electrons. The summed E-state index contributed by atoms with van der Waals surface area (Å²) >= 11 is 12.1. The third-order valence-electron chi connectivity index (χ3n) is 12.2. The number of esters is 2. The van der Waals surface area contributed by atoms with Crippen LogP contribution in [0.2, 0.25) is 10.0 Å². The lowest BCUT2D eigenvalue weighted by Gasteiger charge is -2.05. The number of aliphatic hydroxyl groups excluding tert-OH is 1. The molecule has 0 atom stereocenters. The van der Waals surface area contributed by atoms with E-state index in [0.29, 0.717) is 61.8 Å². The number of hydrogen-bond acceptors (Lipinski definition) is 14. The molecule has 2 aromatic carbocycles. The van der Waals surface area contributed by atoms with Gasteiger partial charge in [0.15, 0.2) is 0 Å². The second-order valence-corrected chi connectivity index (χ2v) is 18.4. The van der Waals surface area contributed by atoms with Crippen LogP contribution in [-0.4, -0.2) is 106 Å². The molecule has 0 saturated carbocycles. The number of benzene rings is 2. The zero-order valence-electron chi connectivity index (χ0n) is 44.0. The van der Waals surface area contributed by atoms with Gasteiger partial charge in [0.05, 0.1) is 42.9 Å². The van der Waals surface area contributed by atoms with Gasteiger partial charge in [-0.3, -0.25) is 29.3 Å². The first kappa shape index (κ1) is 59.0. The van der Waals surface area contributed by atoms with Crippen LogP contribution in [-0.2, 0) is 53.0 Å². The fourth-order valence-electron chi connectivity index (χ4n) is 8.43. The average molecular weight is 1130 g/mol. The van der Waals surface area contributed by atoms with E-state index in [-0.39, 0.29) is 35.6 Å². The minimum absolute atomic E-state index is 0.0500. The van der Waals surface area contributed by atoms with Crippen molar-refractivity contribution in [3.8, 4) is 0 Å². The maximum absolute atomic E-state index is 12.6. The van der Waals surface area contributed by atoms with E-state index in [0.717, 1.165) is 47.0 Å². The summed E-state index contributed by atoms with van der Waals surface area (Å²) < 4.78 is 12.6. The molecule has 10 aromatic rings. The smallest absolute Gasteiger partial charge is 0.379 e. The fourth-order valence-corrected chi connectivity index (χ4v) is 8.86. The molecular formula is C59H54Cl2N10O10. The number of halogens is 2. The van der Waals surface area contributed by atoms with Crippen LogP contribution in [0.1, 0.15) is 63.6 Å². The number of rotatable bonds is 14. The molecule has 3 amide bonds. The lowest BCUT2D eigenvalue weighted by atomic mass is 9.96. The zero-order chi connectivity index (χ0) is 58.0. The second-order valence-electron chi connectivity index (χ2n) is 17.6. The van der Waals surface area contributed by atoms with Gasteiger partial charge in [0.2, 0.25) is 5.91 Å². The number of unbranched alkanes of at least 4 members (excludes halogenated alkanes) is 1. The van der Waals surface area contributed by atoms with Crippen molar-refractivity contribution < 1.29 is 48.1 Å². The Morgan fingerprint density at radius 3 is 1.79 bits per heavy atom. The molecule has 9 heterocycles. The molecule has 11 rings (SSSR count). The highest BCUT2D eigenvalue weighted by molar-refractivity contribution is 6.51. The number of primary amides is 1. The third-order valence-corrected chi connectivity index (χ3v) is 12.9. The minimum Gasteiger partial charge on any atom is -0.463 e. The van der Waals surface area contributed by atoms with Crippen molar-refractivity contribution in [2.45, 2.75) is 45.7 Å². The van der Waals surface area contributed by atoms with Crippen molar-refractivity contribution in [1.82, 2.24) is 44.4 Å². The Balaban J connectivity index is 0.000000154. The minimum atomic E-state index is -0.875. The van der Waals surface area contributed by atoms with Gasteiger partial charge in [-0.25, -0.2) is 29.5 Å². The number of H-pyrrole nitrogens is 2. The van der Waals surface area contributed by atoms with Crippen LogP contribution in [0.15, 0.2) is 153 Å². The number of methoxy groups -OCH3 is 2. The highest BCUT2D eigenvalue weighted by Crippen LogP contribution is 2.38. The van der Waals surface area contributed by atoms with Gasteiger partial charge < -0.3 is 39.4 Å². The Hall–Kier alpha value is -9.63. The average Bonchev–Trinajstić information content (AvgIpc) is 4.42. The number of amides is 3. The summed E-state index contributed by atoms with van der Waals surface area (Å²) in [6, 6.07) is 30.7. The summed E-state index contributed by atoms with van der Waals surface area (Å²) in [6.07, 6.45) is 16.4. The maximum Gasteiger partial charge on any atom is 0.379 e. The van der Waals surface area contributed by atoms with Crippen molar-refractivity contribution in [3.05, 3.63) is 191 Å². The number of aromatic amines is 2. The number of aliphatic hydroxyl groups is 1. The number of aromatic nitrogens is 8. The number of nitrogens with zero attached hydrogens (tertiary/aromatic N) is 6. The van der Waals surface area contributed by atoms with E-state index in [1.165, 1.54) is 20.4 Å². The Morgan fingerprint density at radius 2 is 1.16 bits per heavy atom. The Labute approximate surface area is 472 Å². The SMILES string of the molecule is CCCCn1cc(C(=O)C(=O)OC)c2cccnc21.COC(=O)C(=O)c1c[nH]c2ncccc12.NC(=O)Cc1ccccc1Cl.O=C1NC(=O)C(c2cn(CCCO)c3ncccc23)=C1c1ccccc1Cl.c1cnc2[nH]ccc2c1. The first-order valence-corrected chi connectivity index (χ1v) is 25.9. The number of hydrogen-bond donors (Lipinski definition) is 5. The van der Waals surface area contributed by atoms with E-state index in [9.17, 15) is 33.6 Å². The molecule has 0 unspecified atom stereocenters. The van der Waals surface area contributed by atoms with Crippen molar-refractivity contribution >= 4 is 120 Å². The third kappa shape index (κ3) is 14.4. The van der Waals surface area contributed by atoms with Crippen LogP contribution in [0.3, 0.4) is 0 Å². The lowest BCUT2D eigenvalue weighted by Crippen LogP contribution is -2.22. The van der Waals surface area contributed by atoms with E-state index in [2.05, 4.69) is 51.6 Å². The van der Waals surface area contributed by atoms with E-state index in [1.807, 2.05) is 51.7 Å². The van der Waals surface area contributed by atoms with E-state index in [4.69, 9.17) is 34.0 Å². The van der Waals surface area contributed by atoms with Crippen molar-refractivity contribution in [1.29, 1.82) is 0 Å². The molecule has 0 fully saturated rings. The number of nitrogens with two attached hydrogens (primary N) is 1. The highest BCUT2D eigenvalue weighted by atomic mass is 35.5. The first-order valence-electron chi connectivity index (χ1n) is 25.1. The normalized spacial score (nSPS) is 11.6. The largest absolute Gasteiger partial charge is 0.463 e. The summed E-state index contributed by atoms with van der Waals surface area (Å²) in [5.41, 5.74) is 11.0. The quantitative estimate of drug-likeness (QED) is 0.0295. The summed E-state index contributed by atoms with van der Waals surface area (Å²) in [6.45, 7) is 3.47. The van der Waals surface area contributed by atoms with Crippen molar-refractivity contribution in [2.24, 2.45) is 5.73 Å². The molecule has 0 bridgehead atoms. The van der Waals surface area contributed by atoms with Crippen molar-refractivity contribution in [3.63, 3.8) is 0 Å². The molecule has 20 nitrogen and oxygen atoms in total. The molecule has 0 aliphatic carbocycles. The summed E-state index contributed by atoms with van der Waals surface area (Å²) in [7, 11) is 2.38. The monoisotopic (exact) mass is 1130 g/mol. The number of Topliss-reactive ketones (excluding diaryl/α,β-unsaturated/α-hetero) is 2. The summed E-state index contributed by atoms with van der Waals surface area (Å²) in [5.74, 6) is -4.31. The van der Waals surface area contributed by atoms with Gasteiger partial charge in [-0.05, 0) is 85.1 Å². The molecule has 22 heteroatoms. The maximum atomic E-state index is 12.6. The van der Waals surface area contributed by atoms with Gasteiger partial charge in [-0.15, -0.1) is 0 Å².